The van der Waals surface area contributed by atoms with Crippen LogP contribution >= 0.6 is 0 Å². The third-order valence-electron chi connectivity index (χ3n) is 3.29. The van der Waals surface area contributed by atoms with Crippen molar-refractivity contribution in [1.82, 2.24) is 4.90 Å². The van der Waals surface area contributed by atoms with Crippen LogP contribution in [-0.2, 0) is 11.2 Å². The lowest BCUT2D eigenvalue weighted by atomic mass is 10.1. The van der Waals surface area contributed by atoms with Gasteiger partial charge in [-0.05, 0) is 37.0 Å². The molecular formula is C14H17NO3. The summed E-state index contributed by atoms with van der Waals surface area (Å²) < 4.78 is 0. The maximum atomic E-state index is 11.8. The summed E-state index contributed by atoms with van der Waals surface area (Å²) in [5, 5.41) is 8.78. The van der Waals surface area contributed by atoms with Crippen molar-refractivity contribution in [1.29, 1.82) is 0 Å². The lowest BCUT2D eigenvalue weighted by molar-refractivity contribution is -0.130. The number of rotatable bonds is 4. The van der Waals surface area contributed by atoms with Crippen LogP contribution in [0.15, 0.2) is 24.3 Å². The summed E-state index contributed by atoms with van der Waals surface area (Å²) in [6.45, 7) is 1.77. The molecule has 1 aromatic carbocycles. The highest BCUT2D eigenvalue weighted by Crippen LogP contribution is 2.12. The van der Waals surface area contributed by atoms with Gasteiger partial charge in [-0.15, -0.1) is 0 Å². The van der Waals surface area contributed by atoms with E-state index >= 15 is 0 Å². The number of likely N-dealkylation sites (tertiary alicyclic amines) is 1. The van der Waals surface area contributed by atoms with Crippen molar-refractivity contribution in [3.05, 3.63) is 35.4 Å². The summed E-state index contributed by atoms with van der Waals surface area (Å²) in [5.74, 6) is -0.718. The van der Waals surface area contributed by atoms with Gasteiger partial charge in [0.1, 0.15) is 0 Å². The summed E-state index contributed by atoms with van der Waals surface area (Å²) in [5.41, 5.74) is 1.29. The molecule has 96 valence electrons. The maximum Gasteiger partial charge on any atom is 0.335 e. The fraction of sp³-hybridized carbons (Fsp3) is 0.429. The number of carboxylic acid groups (broad SMARTS) is 1. The molecule has 4 nitrogen and oxygen atoms in total. The second-order valence-electron chi connectivity index (χ2n) is 4.59. The zero-order valence-electron chi connectivity index (χ0n) is 10.3. The molecule has 1 aromatic rings. The second kappa shape index (κ2) is 5.67. The average Bonchev–Trinajstić information content (AvgIpc) is 2.90. The second-order valence-corrected chi connectivity index (χ2v) is 4.59. The van der Waals surface area contributed by atoms with Gasteiger partial charge < -0.3 is 10.0 Å². The summed E-state index contributed by atoms with van der Waals surface area (Å²) in [7, 11) is 0. The number of aromatic carboxylic acids is 1. The van der Waals surface area contributed by atoms with Crippen LogP contribution in [0.4, 0.5) is 0 Å². The molecule has 0 radical (unpaired) electrons. The van der Waals surface area contributed by atoms with Crippen molar-refractivity contribution < 1.29 is 14.7 Å². The predicted octanol–water partition coefficient (Wildman–Crippen LogP) is 1.94. The summed E-state index contributed by atoms with van der Waals surface area (Å²) in [4.78, 5) is 24.4. The van der Waals surface area contributed by atoms with Crippen LogP contribution in [0.1, 0.15) is 35.2 Å². The Balaban J connectivity index is 1.86. The minimum Gasteiger partial charge on any atom is -0.478 e. The number of amides is 1. The fourth-order valence-corrected chi connectivity index (χ4v) is 2.19. The van der Waals surface area contributed by atoms with E-state index in [9.17, 15) is 9.59 Å². The molecule has 0 bridgehead atoms. The van der Waals surface area contributed by atoms with Crippen molar-refractivity contribution >= 4 is 11.9 Å². The van der Waals surface area contributed by atoms with Crippen LogP contribution in [-0.4, -0.2) is 35.0 Å². The molecule has 2 rings (SSSR count). The van der Waals surface area contributed by atoms with Crippen molar-refractivity contribution in [3.8, 4) is 0 Å². The highest BCUT2D eigenvalue weighted by Gasteiger charge is 2.17. The molecule has 1 N–H and O–H groups in total. The van der Waals surface area contributed by atoms with E-state index in [1.165, 1.54) is 0 Å². The standard InChI is InChI=1S/C14H17NO3/c16-13(15-9-1-2-10-15)8-5-11-3-6-12(7-4-11)14(17)18/h3-4,6-7H,1-2,5,8-10H2,(H,17,18). The molecule has 0 atom stereocenters. The van der Waals surface area contributed by atoms with Gasteiger partial charge in [0.2, 0.25) is 5.91 Å². The minimum atomic E-state index is -0.922. The first-order valence-corrected chi connectivity index (χ1v) is 6.27. The molecule has 0 aliphatic carbocycles. The molecular weight excluding hydrogens is 230 g/mol. The van der Waals surface area contributed by atoms with Crippen LogP contribution in [0.25, 0.3) is 0 Å². The Morgan fingerprint density at radius 1 is 1.11 bits per heavy atom. The van der Waals surface area contributed by atoms with Crippen LogP contribution < -0.4 is 0 Å². The van der Waals surface area contributed by atoms with Gasteiger partial charge >= 0.3 is 5.97 Å². The summed E-state index contributed by atoms with van der Waals surface area (Å²) in [6, 6.07) is 6.72. The van der Waals surface area contributed by atoms with E-state index in [1.54, 1.807) is 24.3 Å². The Hall–Kier alpha value is -1.84. The number of benzene rings is 1. The molecule has 1 aliphatic rings. The SMILES string of the molecule is O=C(O)c1ccc(CCC(=O)N2CCCC2)cc1. The number of aryl methyl sites for hydroxylation is 1. The molecule has 0 spiro atoms. The van der Waals surface area contributed by atoms with E-state index in [0.717, 1.165) is 31.5 Å². The quantitative estimate of drug-likeness (QED) is 0.884. The Morgan fingerprint density at radius 3 is 2.28 bits per heavy atom. The summed E-state index contributed by atoms with van der Waals surface area (Å²) >= 11 is 0. The zero-order valence-corrected chi connectivity index (χ0v) is 10.3. The topological polar surface area (TPSA) is 57.6 Å². The van der Waals surface area contributed by atoms with Gasteiger partial charge in [0.15, 0.2) is 0 Å². The largest absolute Gasteiger partial charge is 0.478 e. The fourth-order valence-electron chi connectivity index (χ4n) is 2.19. The molecule has 1 saturated heterocycles. The maximum absolute atomic E-state index is 11.8. The molecule has 18 heavy (non-hydrogen) atoms. The van der Waals surface area contributed by atoms with Crippen molar-refractivity contribution in [3.63, 3.8) is 0 Å². The molecule has 0 saturated carbocycles. The first-order valence-electron chi connectivity index (χ1n) is 6.27. The molecule has 1 amide bonds. The van der Waals surface area contributed by atoms with Crippen LogP contribution in [0.5, 0.6) is 0 Å². The lowest BCUT2D eigenvalue weighted by Crippen LogP contribution is -2.27. The van der Waals surface area contributed by atoms with E-state index in [-0.39, 0.29) is 11.5 Å². The highest BCUT2D eigenvalue weighted by molar-refractivity contribution is 5.87. The summed E-state index contributed by atoms with van der Waals surface area (Å²) in [6.07, 6.45) is 3.40. The normalized spacial score (nSPS) is 14.8. The molecule has 1 heterocycles. The van der Waals surface area contributed by atoms with Gasteiger partial charge in [-0.25, -0.2) is 4.79 Å². The first-order chi connectivity index (χ1) is 8.66. The van der Waals surface area contributed by atoms with E-state index in [0.29, 0.717) is 12.8 Å². The van der Waals surface area contributed by atoms with Crippen LogP contribution in [0, 0.1) is 0 Å². The third kappa shape index (κ3) is 3.09. The number of hydrogen-bond acceptors (Lipinski definition) is 2. The van der Waals surface area contributed by atoms with Gasteiger partial charge in [-0.1, -0.05) is 12.1 Å². The highest BCUT2D eigenvalue weighted by atomic mass is 16.4. The van der Waals surface area contributed by atoms with Gasteiger partial charge in [-0.2, -0.15) is 0 Å². The van der Waals surface area contributed by atoms with Crippen molar-refractivity contribution in [2.75, 3.05) is 13.1 Å². The Kier molecular flexibility index (Phi) is 3.97. The van der Waals surface area contributed by atoms with Crippen LogP contribution in [0.3, 0.4) is 0 Å². The van der Waals surface area contributed by atoms with E-state index in [1.807, 2.05) is 4.90 Å². The van der Waals surface area contributed by atoms with Gasteiger partial charge in [0, 0.05) is 19.5 Å². The van der Waals surface area contributed by atoms with Gasteiger partial charge in [-0.3, -0.25) is 4.79 Å². The third-order valence-corrected chi connectivity index (χ3v) is 3.29. The van der Waals surface area contributed by atoms with Crippen molar-refractivity contribution in [2.24, 2.45) is 0 Å². The smallest absolute Gasteiger partial charge is 0.335 e. The Morgan fingerprint density at radius 2 is 1.72 bits per heavy atom. The van der Waals surface area contributed by atoms with E-state index in [4.69, 9.17) is 5.11 Å². The minimum absolute atomic E-state index is 0.204. The first kappa shape index (κ1) is 12.6. The number of carbonyl (C=O) groups excluding carboxylic acids is 1. The number of carbonyl (C=O) groups is 2. The van der Waals surface area contributed by atoms with Gasteiger partial charge in [0.25, 0.3) is 0 Å². The number of carboxylic acids is 1. The molecule has 1 fully saturated rings. The average molecular weight is 247 g/mol. The predicted molar refractivity (Wildman–Crippen MR) is 67.5 cm³/mol. The number of nitrogens with zero attached hydrogens (tertiary/aromatic N) is 1. The molecule has 0 aromatic heterocycles. The zero-order chi connectivity index (χ0) is 13.0. The molecule has 4 heteroatoms. The van der Waals surface area contributed by atoms with E-state index in [2.05, 4.69) is 0 Å². The lowest BCUT2D eigenvalue weighted by Gasteiger charge is -2.14. The Labute approximate surface area is 106 Å². The molecule has 1 aliphatic heterocycles. The van der Waals surface area contributed by atoms with Crippen LogP contribution in [0.2, 0.25) is 0 Å². The van der Waals surface area contributed by atoms with Gasteiger partial charge in [0.05, 0.1) is 5.56 Å². The van der Waals surface area contributed by atoms with E-state index < -0.39 is 5.97 Å². The number of hydrogen-bond donors (Lipinski definition) is 1. The monoisotopic (exact) mass is 247 g/mol. The Bertz CT molecular complexity index is 433. The molecule has 0 unspecified atom stereocenters. The van der Waals surface area contributed by atoms with Crippen molar-refractivity contribution in [2.45, 2.75) is 25.7 Å².